The van der Waals surface area contributed by atoms with Crippen molar-refractivity contribution < 1.29 is 0 Å². The zero-order valence-corrected chi connectivity index (χ0v) is 12.2. The van der Waals surface area contributed by atoms with Crippen molar-refractivity contribution in [1.29, 1.82) is 0 Å². The molecule has 0 amide bonds. The Labute approximate surface area is 121 Å². The third-order valence-electron chi connectivity index (χ3n) is 3.29. The van der Waals surface area contributed by atoms with E-state index in [1.807, 2.05) is 30.3 Å². The SMILES string of the molecule is [C-]#[N+]c1ccccc1C=Cc1ccc(C(C)(C)C)cc1. The van der Waals surface area contributed by atoms with Gasteiger partial charge in [-0.3, -0.25) is 0 Å². The molecule has 0 saturated carbocycles. The van der Waals surface area contributed by atoms with E-state index in [9.17, 15) is 0 Å². The van der Waals surface area contributed by atoms with Crippen molar-refractivity contribution in [3.05, 3.63) is 76.6 Å². The number of nitrogens with zero attached hydrogens (tertiary/aromatic N) is 1. The molecule has 0 aliphatic rings. The predicted molar refractivity (Wildman–Crippen MR) is 86.8 cm³/mol. The highest BCUT2D eigenvalue weighted by Gasteiger charge is 2.12. The molecule has 0 saturated heterocycles. The summed E-state index contributed by atoms with van der Waals surface area (Å²) >= 11 is 0. The topological polar surface area (TPSA) is 4.36 Å². The molecular weight excluding hydrogens is 242 g/mol. The van der Waals surface area contributed by atoms with Crippen LogP contribution >= 0.6 is 0 Å². The molecule has 2 aromatic rings. The van der Waals surface area contributed by atoms with Crippen molar-refractivity contribution in [2.75, 3.05) is 0 Å². The van der Waals surface area contributed by atoms with E-state index in [2.05, 4.69) is 56.0 Å². The molecule has 20 heavy (non-hydrogen) atoms. The first-order chi connectivity index (χ1) is 9.50. The lowest BCUT2D eigenvalue weighted by molar-refractivity contribution is 0.590. The fraction of sp³-hybridized carbons (Fsp3) is 0.211. The first-order valence-electron chi connectivity index (χ1n) is 6.76. The van der Waals surface area contributed by atoms with E-state index in [1.165, 1.54) is 5.56 Å². The summed E-state index contributed by atoms with van der Waals surface area (Å²) in [5.74, 6) is 0. The molecule has 0 radical (unpaired) electrons. The summed E-state index contributed by atoms with van der Waals surface area (Å²) in [6.45, 7) is 13.8. The Morgan fingerprint density at radius 3 is 2.15 bits per heavy atom. The maximum atomic E-state index is 7.16. The molecule has 2 aromatic carbocycles. The van der Waals surface area contributed by atoms with Crippen LogP contribution < -0.4 is 0 Å². The van der Waals surface area contributed by atoms with Gasteiger partial charge in [-0.05, 0) is 22.1 Å². The summed E-state index contributed by atoms with van der Waals surface area (Å²) in [4.78, 5) is 3.53. The second-order valence-electron chi connectivity index (χ2n) is 5.88. The van der Waals surface area contributed by atoms with E-state index in [0.29, 0.717) is 5.69 Å². The molecule has 0 aliphatic carbocycles. The molecule has 1 nitrogen and oxygen atoms in total. The van der Waals surface area contributed by atoms with Gasteiger partial charge < -0.3 is 0 Å². The molecule has 0 atom stereocenters. The zero-order chi connectivity index (χ0) is 14.6. The van der Waals surface area contributed by atoms with Crippen molar-refractivity contribution in [2.24, 2.45) is 0 Å². The molecule has 0 heterocycles. The standard InChI is InChI=1S/C19H19N/c1-19(2,3)17-13-10-15(11-14-17)9-12-16-7-5-6-8-18(16)20-4/h5-14H,1-3H3. The van der Waals surface area contributed by atoms with Gasteiger partial charge in [0.05, 0.1) is 6.57 Å². The highest BCUT2D eigenvalue weighted by molar-refractivity contribution is 5.76. The number of hydrogen-bond acceptors (Lipinski definition) is 0. The normalized spacial score (nSPS) is 11.5. The molecule has 0 N–H and O–H groups in total. The molecule has 0 spiro atoms. The smallest absolute Gasteiger partial charge is 0.194 e. The third-order valence-corrected chi connectivity index (χ3v) is 3.29. The van der Waals surface area contributed by atoms with Crippen LogP contribution in [0, 0.1) is 6.57 Å². The minimum Gasteiger partial charge on any atom is -0.238 e. The van der Waals surface area contributed by atoms with Crippen molar-refractivity contribution >= 4 is 17.8 Å². The van der Waals surface area contributed by atoms with Crippen LogP contribution in [0.1, 0.15) is 37.5 Å². The van der Waals surface area contributed by atoms with Crippen LogP contribution in [0.4, 0.5) is 5.69 Å². The van der Waals surface area contributed by atoms with Gasteiger partial charge in [0, 0.05) is 0 Å². The van der Waals surface area contributed by atoms with Crippen molar-refractivity contribution in [3.8, 4) is 0 Å². The van der Waals surface area contributed by atoms with Gasteiger partial charge in [-0.1, -0.05) is 81.5 Å². The first-order valence-corrected chi connectivity index (χ1v) is 6.76. The van der Waals surface area contributed by atoms with E-state index >= 15 is 0 Å². The molecule has 2 rings (SSSR count). The van der Waals surface area contributed by atoms with Crippen molar-refractivity contribution in [1.82, 2.24) is 0 Å². The summed E-state index contributed by atoms with van der Waals surface area (Å²) in [5.41, 5.74) is 4.31. The highest BCUT2D eigenvalue weighted by atomic mass is 14.6. The molecular formula is C19H19N. The van der Waals surface area contributed by atoms with Crippen molar-refractivity contribution in [2.45, 2.75) is 26.2 Å². The van der Waals surface area contributed by atoms with E-state index < -0.39 is 0 Å². The van der Waals surface area contributed by atoms with E-state index in [4.69, 9.17) is 6.57 Å². The van der Waals surface area contributed by atoms with Gasteiger partial charge in [-0.2, -0.15) is 0 Å². The Balaban J connectivity index is 2.22. The van der Waals surface area contributed by atoms with Crippen LogP contribution in [0.15, 0.2) is 48.5 Å². The molecule has 0 fully saturated rings. The van der Waals surface area contributed by atoms with Gasteiger partial charge in [0.15, 0.2) is 5.69 Å². The van der Waals surface area contributed by atoms with Gasteiger partial charge in [-0.15, -0.1) is 0 Å². The molecule has 0 aromatic heterocycles. The second kappa shape index (κ2) is 5.75. The van der Waals surface area contributed by atoms with E-state index in [1.54, 1.807) is 0 Å². The second-order valence-corrected chi connectivity index (χ2v) is 5.88. The van der Waals surface area contributed by atoms with Gasteiger partial charge >= 0.3 is 0 Å². The van der Waals surface area contributed by atoms with E-state index in [-0.39, 0.29) is 5.41 Å². The van der Waals surface area contributed by atoms with Crippen LogP contribution in [0.3, 0.4) is 0 Å². The maximum Gasteiger partial charge on any atom is 0.194 e. The van der Waals surface area contributed by atoms with Crippen LogP contribution in [0.2, 0.25) is 0 Å². The van der Waals surface area contributed by atoms with Crippen LogP contribution in [-0.4, -0.2) is 0 Å². The van der Waals surface area contributed by atoms with Gasteiger partial charge in [0.2, 0.25) is 0 Å². The number of benzene rings is 2. The number of para-hydroxylation sites is 1. The van der Waals surface area contributed by atoms with Gasteiger partial charge in [0.1, 0.15) is 0 Å². The molecule has 0 aliphatic heterocycles. The summed E-state index contributed by atoms with van der Waals surface area (Å²) in [6.07, 6.45) is 4.05. The zero-order valence-electron chi connectivity index (χ0n) is 12.2. The monoisotopic (exact) mass is 261 g/mol. The lowest BCUT2D eigenvalue weighted by Crippen LogP contribution is -2.10. The number of rotatable bonds is 2. The fourth-order valence-corrected chi connectivity index (χ4v) is 2.01. The Bertz CT molecular complexity index is 649. The quantitative estimate of drug-likeness (QED) is 0.482. The van der Waals surface area contributed by atoms with Crippen LogP contribution in [0.25, 0.3) is 17.0 Å². The minimum atomic E-state index is 0.180. The summed E-state index contributed by atoms with van der Waals surface area (Å²) in [7, 11) is 0. The van der Waals surface area contributed by atoms with E-state index in [0.717, 1.165) is 11.1 Å². The molecule has 100 valence electrons. The Morgan fingerprint density at radius 1 is 0.900 bits per heavy atom. The minimum absolute atomic E-state index is 0.180. The maximum absolute atomic E-state index is 7.16. The Hall–Kier alpha value is -2.33. The van der Waals surface area contributed by atoms with Gasteiger partial charge in [-0.25, -0.2) is 4.85 Å². The molecule has 0 unspecified atom stereocenters. The van der Waals surface area contributed by atoms with Crippen molar-refractivity contribution in [3.63, 3.8) is 0 Å². The summed E-state index contributed by atoms with van der Waals surface area (Å²) in [6, 6.07) is 16.2. The van der Waals surface area contributed by atoms with Crippen LogP contribution in [-0.2, 0) is 5.41 Å². The Kier molecular flexibility index (Phi) is 4.05. The lowest BCUT2D eigenvalue weighted by Gasteiger charge is -2.18. The first kappa shape index (κ1) is 14.1. The lowest BCUT2D eigenvalue weighted by atomic mass is 9.87. The average Bonchev–Trinajstić information content (AvgIpc) is 2.45. The predicted octanol–water partition coefficient (Wildman–Crippen LogP) is 5.71. The highest BCUT2D eigenvalue weighted by Crippen LogP contribution is 2.24. The molecule has 1 heteroatoms. The average molecular weight is 261 g/mol. The van der Waals surface area contributed by atoms with Gasteiger partial charge in [0.25, 0.3) is 0 Å². The van der Waals surface area contributed by atoms with Crippen LogP contribution in [0.5, 0.6) is 0 Å². The number of hydrogen-bond donors (Lipinski definition) is 0. The summed E-state index contributed by atoms with van der Waals surface area (Å²) in [5, 5.41) is 0. The Morgan fingerprint density at radius 2 is 1.55 bits per heavy atom. The largest absolute Gasteiger partial charge is 0.238 e. The summed E-state index contributed by atoms with van der Waals surface area (Å²) < 4.78 is 0. The molecule has 0 bridgehead atoms. The fourth-order valence-electron chi connectivity index (χ4n) is 2.01. The third kappa shape index (κ3) is 3.36.